The molecule has 0 aromatic carbocycles. The molecule has 2 heterocycles. The van der Waals surface area contributed by atoms with Crippen LogP contribution < -0.4 is 5.32 Å². The fourth-order valence-electron chi connectivity index (χ4n) is 1.78. The smallest absolute Gasteiger partial charge is 0.347 e. The summed E-state index contributed by atoms with van der Waals surface area (Å²) in [7, 11) is 0. The standard InChI is InChI=1S/C11H14N2O4S/c1-2-6-8(10(15)16)18-11(12-6)13-9(14)7-4-3-5-17-7/h7H,2-5H2,1H3,(H,15,16)(H,12,13,14). The Labute approximate surface area is 108 Å². The number of hydrogen-bond acceptors (Lipinski definition) is 5. The number of ether oxygens (including phenoxy) is 1. The van der Waals surface area contributed by atoms with Gasteiger partial charge in [0.15, 0.2) is 5.13 Å². The van der Waals surface area contributed by atoms with Crippen molar-refractivity contribution in [2.24, 2.45) is 0 Å². The minimum Gasteiger partial charge on any atom is -0.477 e. The number of nitrogens with zero attached hydrogens (tertiary/aromatic N) is 1. The lowest BCUT2D eigenvalue weighted by Crippen LogP contribution is -2.26. The summed E-state index contributed by atoms with van der Waals surface area (Å²) in [6.07, 6.45) is 1.65. The van der Waals surface area contributed by atoms with Gasteiger partial charge in [0, 0.05) is 6.61 Å². The molecule has 1 aliphatic heterocycles. The number of thiazole rings is 1. The van der Waals surface area contributed by atoms with Gasteiger partial charge in [0.1, 0.15) is 11.0 Å². The fourth-order valence-corrected chi connectivity index (χ4v) is 2.68. The Kier molecular flexibility index (Phi) is 3.93. The summed E-state index contributed by atoms with van der Waals surface area (Å²) >= 11 is 0.981. The average molecular weight is 270 g/mol. The molecular weight excluding hydrogens is 256 g/mol. The van der Waals surface area contributed by atoms with Crippen LogP contribution in [-0.2, 0) is 16.0 Å². The van der Waals surface area contributed by atoms with Gasteiger partial charge in [-0.1, -0.05) is 18.3 Å². The topological polar surface area (TPSA) is 88.5 Å². The molecule has 1 aromatic rings. The Morgan fingerprint density at radius 3 is 2.89 bits per heavy atom. The zero-order valence-electron chi connectivity index (χ0n) is 9.93. The molecule has 1 atom stereocenters. The number of anilines is 1. The minimum atomic E-state index is -1.01. The van der Waals surface area contributed by atoms with Gasteiger partial charge in [0.25, 0.3) is 5.91 Å². The van der Waals surface area contributed by atoms with E-state index in [2.05, 4.69) is 10.3 Å². The van der Waals surface area contributed by atoms with Gasteiger partial charge in [-0.25, -0.2) is 9.78 Å². The second-order valence-corrected chi connectivity index (χ2v) is 4.94. The van der Waals surface area contributed by atoms with Crippen molar-refractivity contribution in [1.29, 1.82) is 0 Å². The predicted molar refractivity (Wildman–Crippen MR) is 66.1 cm³/mol. The maximum absolute atomic E-state index is 11.8. The maximum atomic E-state index is 11.8. The molecule has 2 rings (SSSR count). The third-order valence-corrected chi connectivity index (χ3v) is 3.68. The lowest BCUT2D eigenvalue weighted by Gasteiger charge is -2.07. The molecule has 98 valence electrons. The number of carboxylic acids is 1. The molecule has 2 N–H and O–H groups in total. The Balaban J connectivity index is 2.09. The Morgan fingerprint density at radius 1 is 1.61 bits per heavy atom. The molecule has 0 saturated carbocycles. The first-order valence-corrected chi connectivity index (χ1v) is 6.59. The number of carboxylic acid groups (broad SMARTS) is 1. The van der Waals surface area contributed by atoms with Gasteiger partial charge in [-0.15, -0.1) is 0 Å². The molecule has 6 nitrogen and oxygen atoms in total. The Morgan fingerprint density at radius 2 is 2.39 bits per heavy atom. The van der Waals surface area contributed by atoms with Crippen molar-refractivity contribution in [3.63, 3.8) is 0 Å². The van der Waals surface area contributed by atoms with E-state index in [4.69, 9.17) is 9.84 Å². The number of aromatic carboxylic acids is 1. The van der Waals surface area contributed by atoms with Crippen LogP contribution in [0.5, 0.6) is 0 Å². The van der Waals surface area contributed by atoms with E-state index >= 15 is 0 Å². The van der Waals surface area contributed by atoms with E-state index in [9.17, 15) is 9.59 Å². The number of rotatable bonds is 4. The van der Waals surface area contributed by atoms with Gasteiger partial charge in [-0.3, -0.25) is 10.1 Å². The number of carbonyl (C=O) groups is 2. The highest BCUT2D eigenvalue weighted by Crippen LogP contribution is 2.24. The van der Waals surface area contributed by atoms with Crippen LogP contribution in [0.1, 0.15) is 35.1 Å². The van der Waals surface area contributed by atoms with E-state index in [1.165, 1.54) is 0 Å². The molecule has 1 aromatic heterocycles. The molecule has 1 unspecified atom stereocenters. The van der Waals surface area contributed by atoms with E-state index in [1.807, 2.05) is 6.92 Å². The van der Waals surface area contributed by atoms with Crippen LogP contribution in [0.4, 0.5) is 5.13 Å². The second-order valence-electron chi connectivity index (χ2n) is 3.94. The molecule has 18 heavy (non-hydrogen) atoms. The summed E-state index contributed by atoms with van der Waals surface area (Å²) in [6, 6.07) is 0. The van der Waals surface area contributed by atoms with Crippen molar-refractivity contribution < 1.29 is 19.4 Å². The van der Waals surface area contributed by atoms with Gasteiger partial charge in [-0.05, 0) is 19.3 Å². The highest BCUT2D eigenvalue weighted by Gasteiger charge is 2.25. The Bertz CT molecular complexity index is 466. The quantitative estimate of drug-likeness (QED) is 0.866. The van der Waals surface area contributed by atoms with E-state index in [-0.39, 0.29) is 10.8 Å². The highest BCUT2D eigenvalue weighted by molar-refractivity contribution is 7.17. The molecule has 1 saturated heterocycles. The summed E-state index contributed by atoms with van der Waals surface area (Å²) in [5.41, 5.74) is 0.496. The molecule has 0 spiro atoms. The van der Waals surface area contributed by atoms with Crippen molar-refractivity contribution in [3.05, 3.63) is 10.6 Å². The van der Waals surface area contributed by atoms with Gasteiger partial charge in [0.05, 0.1) is 5.69 Å². The number of aromatic nitrogens is 1. The SMILES string of the molecule is CCc1nc(NC(=O)C2CCCO2)sc1C(=O)O. The molecule has 1 amide bonds. The van der Waals surface area contributed by atoms with E-state index in [0.29, 0.717) is 30.3 Å². The largest absolute Gasteiger partial charge is 0.477 e. The lowest BCUT2D eigenvalue weighted by molar-refractivity contribution is -0.124. The third kappa shape index (κ3) is 2.68. The summed E-state index contributed by atoms with van der Waals surface area (Å²) in [4.78, 5) is 27.0. The lowest BCUT2D eigenvalue weighted by atomic mass is 10.2. The van der Waals surface area contributed by atoms with E-state index in [0.717, 1.165) is 17.8 Å². The number of nitrogens with one attached hydrogen (secondary N) is 1. The van der Waals surface area contributed by atoms with Crippen molar-refractivity contribution in [3.8, 4) is 0 Å². The van der Waals surface area contributed by atoms with Crippen molar-refractivity contribution in [1.82, 2.24) is 4.98 Å². The predicted octanol–water partition coefficient (Wildman–Crippen LogP) is 1.52. The van der Waals surface area contributed by atoms with Crippen LogP contribution in [0.2, 0.25) is 0 Å². The average Bonchev–Trinajstić information content (AvgIpc) is 2.97. The van der Waals surface area contributed by atoms with Gasteiger partial charge in [0.2, 0.25) is 0 Å². The first kappa shape index (κ1) is 13.0. The van der Waals surface area contributed by atoms with E-state index < -0.39 is 12.1 Å². The van der Waals surface area contributed by atoms with Crippen molar-refractivity contribution >= 4 is 28.3 Å². The molecular formula is C11H14N2O4S. The number of hydrogen-bond donors (Lipinski definition) is 2. The van der Waals surface area contributed by atoms with Crippen molar-refractivity contribution in [2.75, 3.05) is 11.9 Å². The van der Waals surface area contributed by atoms with E-state index in [1.54, 1.807) is 0 Å². The first-order chi connectivity index (χ1) is 8.61. The monoisotopic (exact) mass is 270 g/mol. The number of amides is 1. The minimum absolute atomic E-state index is 0.181. The highest BCUT2D eigenvalue weighted by atomic mass is 32.1. The second kappa shape index (κ2) is 5.45. The summed E-state index contributed by atoms with van der Waals surface area (Å²) in [5.74, 6) is -1.26. The van der Waals surface area contributed by atoms with Crippen molar-refractivity contribution in [2.45, 2.75) is 32.3 Å². The zero-order valence-corrected chi connectivity index (χ0v) is 10.7. The first-order valence-electron chi connectivity index (χ1n) is 5.77. The number of carbonyl (C=O) groups excluding carboxylic acids is 1. The number of aryl methyl sites for hydroxylation is 1. The summed E-state index contributed by atoms with van der Waals surface area (Å²) in [6.45, 7) is 2.42. The molecule has 1 fully saturated rings. The molecule has 0 bridgehead atoms. The zero-order chi connectivity index (χ0) is 13.1. The fraction of sp³-hybridized carbons (Fsp3) is 0.545. The van der Waals surface area contributed by atoms with Crippen LogP contribution in [-0.4, -0.2) is 34.7 Å². The van der Waals surface area contributed by atoms with Crippen LogP contribution in [0.3, 0.4) is 0 Å². The van der Waals surface area contributed by atoms with Gasteiger partial charge in [-0.2, -0.15) is 0 Å². The van der Waals surface area contributed by atoms with Crippen LogP contribution >= 0.6 is 11.3 Å². The van der Waals surface area contributed by atoms with Crippen LogP contribution in [0.25, 0.3) is 0 Å². The summed E-state index contributed by atoms with van der Waals surface area (Å²) < 4.78 is 5.25. The normalized spacial score (nSPS) is 18.8. The molecule has 0 aliphatic carbocycles. The van der Waals surface area contributed by atoms with Gasteiger partial charge >= 0.3 is 5.97 Å². The van der Waals surface area contributed by atoms with Crippen LogP contribution in [0, 0.1) is 0 Å². The van der Waals surface area contributed by atoms with Crippen LogP contribution in [0.15, 0.2) is 0 Å². The third-order valence-electron chi connectivity index (χ3n) is 2.68. The maximum Gasteiger partial charge on any atom is 0.347 e. The molecule has 1 aliphatic rings. The van der Waals surface area contributed by atoms with Gasteiger partial charge < -0.3 is 9.84 Å². The summed E-state index contributed by atoms with van der Waals surface area (Å²) in [5, 5.41) is 11.9. The Hall–Kier alpha value is -1.47. The molecule has 7 heteroatoms. The molecule has 0 radical (unpaired) electrons.